The van der Waals surface area contributed by atoms with E-state index in [-0.39, 0.29) is 18.1 Å². The lowest BCUT2D eigenvalue weighted by Gasteiger charge is -2.30. The molecule has 6 atom stereocenters. The number of esters is 1. The number of rotatable bonds is 3. The number of aliphatic hydroxyl groups is 3. The Hall–Kier alpha value is -3.19. The number of allylic oxidation sites excluding steroid dienone is 9. The fraction of sp³-hybridized carbons (Fsp3) is 0.424. The third-order valence-corrected chi connectivity index (χ3v) is 6.95. The minimum atomic E-state index is -1.00. The van der Waals surface area contributed by atoms with Crippen LogP contribution in [0.15, 0.2) is 96.2 Å². The molecule has 0 bridgehead atoms. The second-order valence-corrected chi connectivity index (χ2v) is 10.4. The first-order valence-corrected chi connectivity index (χ1v) is 13.6. The van der Waals surface area contributed by atoms with E-state index in [1.54, 1.807) is 44.2 Å². The lowest BCUT2D eigenvalue weighted by molar-refractivity contribution is -0.151. The Kier molecular flexibility index (Phi) is 13.7. The highest BCUT2D eigenvalue weighted by molar-refractivity contribution is 5.88. The number of benzene rings is 1. The maximum Gasteiger partial charge on any atom is 0.333 e. The van der Waals surface area contributed by atoms with E-state index in [0.29, 0.717) is 24.0 Å². The molecule has 0 spiro atoms. The fourth-order valence-corrected chi connectivity index (χ4v) is 4.19. The molecule has 0 saturated heterocycles. The minimum absolute atomic E-state index is 0.0370. The standard InChI is InChI=1S/C33H44O6/c1-23-13-11-15-24(2)30(36)18-10-8-6-5-7-9-14-25(3)33(38)39-31(22-29(35)20-19-23)26(4)32(37)27-16-12-17-28(34)21-27/h5-17,21,23,26,29-32,34-37H,18-20,22H2,1-4H3/b6-5+,9-7+,10-8+,13-11+,24-15+,25-14+/t23-,26-,29-,30-,31-,32+/m0/s1. The van der Waals surface area contributed by atoms with Crippen LogP contribution >= 0.6 is 0 Å². The number of phenols is 1. The smallest absolute Gasteiger partial charge is 0.333 e. The van der Waals surface area contributed by atoms with Gasteiger partial charge in [0.05, 0.1) is 18.3 Å². The summed E-state index contributed by atoms with van der Waals surface area (Å²) in [6.07, 6.45) is 17.3. The molecule has 0 aromatic heterocycles. The molecule has 0 amide bonds. The van der Waals surface area contributed by atoms with Gasteiger partial charge in [-0.15, -0.1) is 0 Å². The predicted molar refractivity (Wildman–Crippen MR) is 156 cm³/mol. The summed E-state index contributed by atoms with van der Waals surface area (Å²) in [5.41, 5.74) is 1.77. The number of hydrogen-bond acceptors (Lipinski definition) is 6. The number of ether oxygens (including phenoxy) is 1. The van der Waals surface area contributed by atoms with Crippen molar-refractivity contribution in [2.75, 3.05) is 0 Å². The van der Waals surface area contributed by atoms with Gasteiger partial charge in [-0.3, -0.25) is 0 Å². The van der Waals surface area contributed by atoms with Crippen molar-refractivity contribution in [2.24, 2.45) is 11.8 Å². The zero-order chi connectivity index (χ0) is 28.8. The summed E-state index contributed by atoms with van der Waals surface area (Å²) in [5, 5.41) is 42.1. The normalized spacial score (nSPS) is 31.9. The topological polar surface area (TPSA) is 107 Å². The van der Waals surface area contributed by atoms with Crippen molar-refractivity contribution in [3.8, 4) is 5.75 Å². The van der Waals surface area contributed by atoms with Crippen molar-refractivity contribution in [2.45, 2.75) is 77.8 Å². The molecular weight excluding hydrogens is 492 g/mol. The van der Waals surface area contributed by atoms with E-state index in [0.717, 1.165) is 12.0 Å². The molecule has 1 aliphatic heterocycles. The number of carbonyl (C=O) groups is 1. The number of aliphatic hydroxyl groups excluding tert-OH is 3. The van der Waals surface area contributed by atoms with Crippen LogP contribution in [0, 0.1) is 11.8 Å². The van der Waals surface area contributed by atoms with Gasteiger partial charge in [0.25, 0.3) is 0 Å². The van der Waals surface area contributed by atoms with Crippen LogP contribution in [0.5, 0.6) is 5.75 Å². The van der Waals surface area contributed by atoms with Crippen molar-refractivity contribution < 1.29 is 30.0 Å². The molecule has 39 heavy (non-hydrogen) atoms. The molecule has 0 fully saturated rings. The molecule has 1 aromatic rings. The first-order chi connectivity index (χ1) is 18.6. The lowest BCUT2D eigenvalue weighted by atomic mass is 9.88. The van der Waals surface area contributed by atoms with Crippen molar-refractivity contribution in [3.63, 3.8) is 0 Å². The van der Waals surface area contributed by atoms with Gasteiger partial charge in [-0.1, -0.05) is 86.7 Å². The van der Waals surface area contributed by atoms with Gasteiger partial charge in [-0.05, 0) is 62.3 Å². The van der Waals surface area contributed by atoms with Crippen LogP contribution in [0.25, 0.3) is 0 Å². The van der Waals surface area contributed by atoms with E-state index in [2.05, 4.69) is 6.92 Å². The summed E-state index contributed by atoms with van der Waals surface area (Å²) < 4.78 is 5.83. The summed E-state index contributed by atoms with van der Waals surface area (Å²) in [4.78, 5) is 12.9. The monoisotopic (exact) mass is 536 g/mol. The van der Waals surface area contributed by atoms with Crippen molar-refractivity contribution in [1.29, 1.82) is 0 Å². The number of cyclic esters (lactones) is 1. The highest BCUT2D eigenvalue weighted by atomic mass is 16.5. The Morgan fingerprint density at radius 3 is 2.44 bits per heavy atom. The third kappa shape index (κ3) is 11.6. The Morgan fingerprint density at radius 1 is 0.974 bits per heavy atom. The van der Waals surface area contributed by atoms with Crippen LogP contribution in [0.1, 0.15) is 65.0 Å². The molecule has 1 heterocycles. The maximum atomic E-state index is 12.9. The largest absolute Gasteiger partial charge is 0.508 e. The van der Waals surface area contributed by atoms with Gasteiger partial charge < -0.3 is 25.2 Å². The first-order valence-electron chi connectivity index (χ1n) is 13.6. The van der Waals surface area contributed by atoms with Crippen LogP contribution < -0.4 is 0 Å². The first kappa shape index (κ1) is 32.0. The highest BCUT2D eigenvalue weighted by Crippen LogP contribution is 2.31. The maximum absolute atomic E-state index is 12.9. The number of aromatic hydroxyl groups is 1. The van der Waals surface area contributed by atoms with Crippen LogP contribution in [-0.4, -0.2) is 44.7 Å². The van der Waals surface area contributed by atoms with Gasteiger partial charge in [0, 0.05) is 17.9 Å². The Labute approximate surface area is 233 Å². The summed E-state index contributed by atoms with van der Waals surface area (Å²) in [7, 11) is 0. The zero-order valence-electron chi connectivity index (χ0n) is 23.5. The van der Waals surface area contributed by atoms with E-state index < -0.39 is 36.3 Å². The molecule has 1 aromatic carbocycles. The molecule has 1 aliphatic rings. The molecule has 2 rings (SSSR count). The fourth-order valence-electron chi connectivity index (χ4n) is 4.19. The Morgan fingerprint density at radius 2 is 1.69 bits per heavy atom. The summed E-state index contributed by atoms with van der Waals surface area (Å²) in [6, 6.07) is 6.36. The van der Waals surface area contributed by atoms with Gasteiger partial charge in [0.2, 0.25) is 0 Å². The van der Waals surface area contributed by atoms with Gasteiger partial charge >= 0.3 is 5.97 Å². The SMILES string of the molecule is C\C1=C/C=C/C=C/C=C/C[C@H](O)/C(C)=C/C=C/[C@H](C)CC[C@H](O)C[C@@H]([C@H](C)[C@@H](O)c2cccc(O)c2)OC1=O. The molecule has 0 unspecified atom stereocenters. The molecule has 6 heteroatoms. The Balaban J connectivity index is 2.28. The van der Waals surface area contributed by atoms with Crippen LogP contribution in [0.4, 0.5) is 0 Å². The van der Waals surface area contributed by atoms with Gasteiger partial charge in [0.1, 0.15) is 11.9 Å². The quantitative estimate of drug-likeness (QED) is 0.352. The molecule has 0 radical (unpaired) electrons. The molecule has 212 valence electrons. The molecule has 4 N–H and O–H groups in total. The van der Waals surface area contributed by atoms with E-state index >= 15 is 0 Å². The summed E-state index contributed by atoms with van der Waals surface area (Å²) >= 11 is 0. The van der Waals surface area contributed by atoms with Crippen molar-refractivity contribution >= 4 is 5.97 Å². The number of phenolic OH excluding ortho intramolecular Hbond substituents is 1. The van der Waals surface area contributed by atoms with Gasteiger partial charge in [-0.25, -0.2) is 4.79 Å². The lowest BCUT2D eigenvalue weighted by Crippen LogP contribution is -2.33. The van der Waals surface area contributed by atoms with Gasteiger partial charge in [0.15, 0.2) is 0 Å². The van der Waals surface area contributed by atoms with Crippen LogP contribution in [0.3, 0.4) is 0 Å². The number of carbonyl (C=O) groups excluding carboxylic acids is 1. The average Bonchev–Trinajstić information content (AvgIpc) is 2.91. The second-order valence-electron chi connectivity index (χ2n) is 10.4. The average molecular weight is 537 g/mol. The summed E-state index contributed by atoms with van der Waals surface area (Å²) in [5.74, 6) is -0.830. The highest BCUT2D eigenvalue weighted by Gasteiger charge is 2.31. The summed E-state index contributed by atoms with van der Waals surface area (Å²) in [6.45, 7) is 7.39. The van der Waals surface area contributed by atoms with Crippen molar-refractivity contribution in [3.05, 3.63) is 102 Å². The third-order valence-electron chi connectivity index (χ3n) is 6.95. The van der Waals surface area contributed by atoms with Crippen molar-refractivity contribution in [1.82, 2.24) is 0 Å². The second kappa shape index (κ2) is 16.7. The molecule has 0 aliphatic carbocycles. The zero-order valence-corrected chi connectivity index (χ0v) is 23.5. The number of hydrogen-bond donors (Lipinski definition) is 4. The minimum Gasteiger partial charge on any atom is -0.508 e. The van der Waals surface area contributed by atoms with E-state index in [9.17, 15) is 25.2 Å². The van der Waals surface area contributed by atoms with Gasteiger partial charge in [-0.2, -0.15) is 0 Å². The van der Waals surface area contributed by atoms with Crippen LogP contribution in [-0.2, 0) is 9.53 Å². The predicted octanol–water partition coefficient (Wildman–Crippen LogP) is 6.02. The van der Waals surface area contributed by atoms with E-state index in [1.807, 2.05) is 49.5 Å². The molecule has 0 saturated carbocycles. The molecule has 6 nitrogen and oxygen atoms in total. The Bertz CT molecular complexity index is 1090. The van der Waals surface area contributed by atoms with E-state index in [1.165, 1.54) is 12.1 Å². The van der Waals surface area contributed by atoms with E-state index in [4.69, 9.17) is 4.74 Å². The van der Waals surface area contributed by atoms with Crippen LogP contribution in [0.2, 0.25) is 0 Å². The molecular formula is C33H44O6.